The van der Waals surface area contributed by atoms with Crippen molar-refractivity contribution >= 4 is 43.8 Å². The molecule has 1 aliphatic heterocycles. The summed E-state index contributed by atoms with van der Waals surface area (Å²) in [5.41, 5.74) is 5.62. The van der Waals surface area contributed by atoms with Crippen LogP contribution in [0.1, 0.15) is 34.5 Å². The van der Waals surface area contributed by atoms with Crippen LogP contribution in [0, 0.1) is 11.6 Å². The molecule has 0 radical (unpaired) electrons. The Morgan fingerprint density at radius 2 is 1.74 bits per heavy atom. The molecule has 0 bridgehead atoms. The number of thiazole rings is 1. The normalized spacial score (nSPS) is 14.3. The predicted octanol–water partition coefficient (Wildman–Crippen LogP) is 3.74. The molecule has 186 valence electrons. The highest BCUT2D eigenvalue weighted by Crippen LogP contribution is 2.31. The number of nitrogens with two attached hydrogens (primary N) is 1. The molecule has 0 saturated carbocycles. The van der Waals surface area contributed by atoms with Crippen LogP contribution in [0.15, 0.2) is 47.4 Å². The van der Waals surface area contributed by atoms with Crippen LogP contribution in [-0.2, 0) is 10.0 Å². The van der Waals surface area contributed by atoms with Crippen LogP contribution in [0.25, 0.3) is 0 Å². The third-order valence-corrected chi connectivity index (χ3v) is 8.07. The average Bonchev–Trinajstić information content (AvgIpc) is 3.46. The lowest BCUT2D eigenvalue weighted by Gasteiger charge is -2.14. The van der Waals surface area contributed by atoms with Crippen molar-refractivity contribution in [3.05, 3.63) is 64.5 Å². The summed E-state index contributed by atoms with van der Waals surface area (Å²) in [6, 6.07) is 9.14. The summed E-state index contributed by atoms with van der Waals surface area (Å²) >= 11 is 0.844. The van der Waals surface area contributed by atoms with Crippen LogP contribution in [0.3, 0.4) is 0 Å². The van der Waals surface area contributed by atoms with E-state index in [1.165, 1.54) is 31.0 Å². The number of nitrogens with zero attached hydrogens (tertiary/aromatic N) is 2. The molecule has 1 saturated heterocycles. The van der Waals surface area contributed by atoms with Gasteiger partial charge in [-0.05, 0) is 75.3 Å². The van der Waals surface area contributed by atoms with E-state index in [9.17, 15) is 22.0 Å². The summed E-state index contributed by atoms with van der Waals surface area (Å²) in [6.45, 7) is 3.37. The van der Waals surface area contributed by atoms with Gasteiger partial charge in [0.1, 0.15) is 22.3 Å². The number of ketones is 1. The summed E-state index contributed by atoms with van der Waals surface area (Å²) in [6.07, 6.45) is 3.13. The molecule has 2 aromatic carbocycles. The first-order valence-electron chi connectivity index (χ1n) is 11.1. The summed E-state index contributed by atoms with van der Waals surface area (Å²) in [4.78, 5) is 19.0. The van der Waals surface area contributed by atoms with Gasteiger partial charge in [0.25, 0.3) is 0 Å². The summed E-state index contributed by atoms with van der Waals surface area (Å²) < 4.78 is 55.7. The number of hydrogen-bond acceptors (Lipinski definition) is 8. The monoisotopic (exact) mass is 521 g/mol. The molecule has 35 heavy (non-hydrogen) atoms. The fourth-order valence-electron chi connectivity index (χ4n) is 3.82. The lowest BCUT2D eigenvalue weighted by molar-refractivity contribution is 0.103. The van der Waals surface area contributed by atoms with E-state index < -0.39 is 33.0 Å². The van der Waals surface area contributed by atoms with Crippen LogP contribution in [0.2, 0.25) is 0 Å². The summed E-state index contributed by atoms with van der Waals surface area (Å²) in [7, 11) is -3.64. The Kier molecular flexibility index (Phi) is 7.75. The number of hydrogen-bond donors (Lipinski definition) is 3. The number of carbonyl (C=O) groups excluding carboxylic acids is 1. The maximum atomic E-state index is 14.0. The van der Waals surface area contributed by atoms with Gasteiger partial charge >= 0.3 is 0 Å². The smallest absolute Gasteiger partial charge is 0.240 e. The maximum absolute atomic E-state index is 14.0. The number of aromatic nitrogens is 1. The van der Waals surface area contributed by atoms with Crippen LogP contribution < -0.4 is 15.8 Å². The van der Waals surface area contributed by atoms with Crippen LogP contribution >= 0.6 is 11.3 Å². The Balaban J connectivity index is 1.38. The zero-order valence-electron chi connectivity index (χ0n) is 18.8. The van der Waals surface area contributed by atoms with E-state index >= 15 is 0 Å². The Hall–Kier alpha value is -2.93. The van der Waals surface area contributed by atoms with E-state index in [4.69, 9.17) is 5.73 Å². The molecule has 1 aromatic heterocycles. The van der Waals surface area contributed by atoms with E-state index in [0.717, 1.165) is 49.5 Å². The number of anilines is 3. The largest absolute Gasteiger partial charge is 0.382 e. The van der Waals surface area contributed by atoms with E-state index in [-0.39, 0.29) is 20.7 Å². The first kappa shape index (κ1) is 25.2. The Morgan fingerprint density at radius 3 is 2.40 bits per heavy atom. The first-order chi connectivity index (χ1) is 16.7. The Labute approximate surface area is 206 Å². The maximum Gasteiger partial charge on any atom is 0.240 e. The molecule has 12 heteroatoms. The lowest BCUT2D eigenvalue weighted by Crippen LogP contribution is -2.28. The lowest BCUT2D eigenvalue weighted by atomic mass is 10.1. The minimum absolute atomic E-state index is 0.103. The molecule has 0 atom stereocenters. The number of halogens is 2. The van der Waals surface area contributed by atoms with Crippen molar-refractivity contribution in [3.63, 3.8) is 0 Å². The number of likely N-dealkylation sites (tertiary alicyclic amines) is 1. The van der Waals surface area contributed by atoms with Crippen molar-refractivity contribution in [1.29, 1.82) is 0 Å². The molecule has 4 N–H and O–H groups in total. The van der Waals surface area contributed by atoms with Crippen molar-refractivity contribution in [1.82, 2.24) is 14.6 Å². The van der Waals surface area contributed by atoms with Gasteiger partial charge in [-0.2, -0.15) is 0 Å². The minimum atomic E-state index is -3.64. The van der Waals surface area contributed by atoms with Gasteiger partial charge in [0.2, 0.25) is 15.8 Å². The highest BCUT2D eigenvalue weighted by atomic mass is 32.2. The van der Waals surface area contributed by atoms with Gasteiger partial charge in [-0.1, -0.05) is 17.4 Å². The van der Waals surface area contributed by atoms with Crippen LogP contribution in [-0.4, -0.2) is 50.3 Å². The zero-order valence-corrected chi connectivity index (χ0v) is 20.4. The molecule has 0 amide bonds. The Morgan fingerprint density at radius 1 is 1.09 bits per heavy atom. The second-order valence-electron chi connectivity index (χ2n) is 8.11. The van der Waals surface area contributed by atoms with Gasteiger partial charge < -0.3 is 16.0 Å². The van der Waals surface area contributed by atoms with Gasteiger partial charge in [-0.25, -0.2) is 26.9 Å². The second kappa shape index (κ2) is 10.8. The van der Waals surface area contributed by atoms with E-state index in [0.29, 0.717) is 12.2 Å². The SMILES string of the molecule is Nc1nc(Nc2ccc(S(=O)(=O)NCCCN3CCCC3)cc2)sc1C(=O)c1c(F)cccc1F. The van der Waals surface area contributed by atoms with Crippen molar-refractivity contribution in [2.75, 3.05) is 37.2 Å². The topological polar surface area (TPSA) is 117 Å². The van der Waals surface area contributed by atoms with Gasteiger partial charge in [0, 0.05) is 12.2 Å². The quantitative estimate of drug-likeness (QED) is 0.275. The molecule has 0 unspecified atom stereocenters. The molecule has 3 aromatic rings. The zero-order chi connectivity index (χ0) is 25.0. The van der Waals surface area contributed by atoms with Crippen molar-refractivity contribution in [2.24, 2.45) is 0 Å². The van der Waals surface area contributed by atoms with E-state index in [1.807, 2.05) is 0 Å². The van der Waals surface area contributed by atoms with Gasteiger partial charge in [0.15, 0.2) is 5.13 Å². The molecule has 0 spiro atoms. The third-order valence-electron chi connectivity index (χ3n) is 5.61. The van der Waals surface area contributed by atoms with Crippen LogP contribution in [0.5, 0.6) is 0 Å². The summed E-state index contributed by atoms with van der Waals surface area (Å²) in [5.74, 6) is -3.04. The van der Waals surface area contributed by atoms with Gasteiger partial charge in [0.05, 0.1) is 10.5 Å². The fourth-order valence-corrected chi connectivity index (χ4v) is 5.74. The molecule has 1 fully saturated rings. The molecule has 4 rings (SSSR count). The third kappa shape index (κ3) is 6.01. The first-order valence-corrected chi connectivity index (χ1v) is 13.4. The van der Waals surface area contributed by atoms with Crippen molar-refractivity contribution < 1.29 is 22.0 Å². The number of nitrogen functional groups attached to an aromatic ring is 1. The van der Waals surface area contributed by atoms with Crippen LogP contribution in [0.4, 0.5) is 25.4 Å². The van der Waals surface area contributed by atoms with Crippen molar-refractivity contribution in [3.8, 4) is 0 Å². The highest BCUT2D eigenvalue weighted by molar-refractivity contribution is 7.89. The Bertz CT molecular complexity index is 1290. The average molecular weight is 522 g/mol. The number of nitrogens with one attached hydrogen (secondary N) is 2. The van der Waals surface area contributed by atoms with E-state index in [2.05, 4.69) is 19.9 Å². The standard InChI is InChI=1S/C23H25F2N5O3S2/c24-17-5-3-6-18(25)19(17)20(31)21-22(26)29-23(34-21)28-15-7-9-16(10-8-15)35(32,33)27-11-4-14-30-12-1-2-13-30/h3,5-10,27H,1-2,4,11-14,26H2,(H,28,29). The van der Waals surface area contributed by atoms with E-state index in [1.54, 1.807) is 12.1 Å². The predicted molar refractivity (Wildman–Crippen MR) is 132 cm³/mol. The molecular weight excluding hydrogens is 496 g/mol. The number of rotatable bonds is 10. The minimum Gasteiger partial charge on any atom is -0.382 e. The molecule has 0 aliphatic carbocycles. The van der Waals surface area contributed by atoms with Gasteiger partial charge in [-0.3, -0.25) is 4.79 Å². The summed E-state index contributed by atoms with van der Waals surface area (Å²) in [5, 5.41) is 3.15. The number of sulfonamides is 1. The number of benzene rings is 2. The van der Waals surface area contributed by atoms with Crippen molar-refractivity contribution in [2.45, 2.75) is 24.2 Å². The molecule has 2 heterocycles. The number of carbonyl (C=O) groups is 1. The second-order valence-corrected chi connectivity index (χ2v) is 10.9. The highest BCUT2D eigenvalue weighted by Gasteiger charge is 2.24. The van der Waals surface area contributed by atoms with Gasteiger partial charge in [-0.15, -0.1) is 0 Å². The fraction of sp³-hybridized carbons (Fsp3) is 0.304. The molecular formula is C23H25F2N5O3S2. The molecule has 8 nitrogen and oxygen atoms in total. The molecule has 1 aliphatic rings.